The summed E-state index contributed by atoms with van der Waals surface area (Å²) in [6.07, 6.45) is -0.197. The molecule has 0 heterocycles. The summed E-state index contributed by atoms with van der Waals surface area (Å²) in [7, 11) is 0. The molecule has 4 nitrogen and oxygen atoms in total. The maximum Gasteiger partial charge on any atom is 0.224 e. The van der Waals surface area contributed by atoms with Gasteiger partial charge in [-0.25, -0.2) is 0 Å². The van der Waals surface area contributed by atoms with Crippen LogP contribution in [0.3, 0.4) is 0 Å². The highest BCUT2D eigenvalue weighted by Gasteiger charge is 2.11. The van der Waals surface area contributed by atoms with Crippen molar-refractivity contribution >= 4 is 5.91 Å². The quantitative estimate of drug-likeness (QED) is 0.699. The predicted molar refractivity (Wildman–Crippen MR) is 71.9 cm³/mol. The van der Waals surface area contributed by atoms with E-state index >= 15 is 0 Å². The summed E-state index contributed by atoms with van der Waals surface area (Å²) in [5.41, 5.74) is 7.54. The molecule has 1 unspecified atom stereocenters. The summed E-state index contributed by atoms with van der Waals surface area (Å²) >= 11 is 0. The molecule has 0 aliphatic carbocycles. The number of rotatable bonds is 6. The Hall–Kier alpha value is -1.39. The molecule has 1 aromatic carbocycles. The van der Waals surface area contributed by atoms with Crippen LogP contribution in [0, 0.1) is 5.92 Å². The Labute approximate surface area is 108 Å². The van der Waals surface area contributed by atoms with E-state index in [-0.39, 0.29) is 11.8 Å². The maximum atomic E-state index is 11.7. The van der Waals surface area contributed by atoms with Gasteiger partial charge in [-0.2, -0.15) is 0 Å². The lowest BCUT2D eigenvalue weighted by Crippen LogP contribution is -2.35. The van der Waals surface area contributed by atoms with Crippen molar-refractivity contribution in [2.75, 3.05) is 6.54 Å². The first-order chi connectivity index (χ1) is 8.54. The van der Waals surface area contributed by atoms with E-state index in [9.17, 15) is 9.90 Å². The monoisotopic (exact) mass is 250 g/mol. The molecule has 1 aromatic rings. The summed E-state index contributed by atoms with van der Waals surface area (Å²) in [6, 6.07) is 7.63. The number of hydrogen-bond donors (Lipinski definition) is 3. The van der Waals surface area contributed by atoms with E-state index in [1.807, 2.05) is 38.1 Å². The Morgan fingerprint density at radius 3 is 2.50 bits per heavy atom. The number of amides is 1. The standard InChI is InChI=1S/C14H22N2O2/c1-10(2)13(17)9-16-14(18)7-11-5-3-4-6-12(11)8-15/h3-6,10,13,17H,7-9,15H2,1-2H3,(H,16,18). The van der Waals surface area contributed by atoms with Gasteiger partial charge in [0.2, 0.25) is 5.91 Å². The van der Waals surface area contributed by atoms with Gasteiger partial charge in [0, 0.05) is 13.1 Å². The van der Waals surface area contributed by atoms with Crippen LogP contribution < -0.4 is 11.1 Å². The van der Waals surface area contributed by atoms with Crippen LogP contribution in [0.1, 0.15) is 25.0 Å². The van der Waals surface area contributed by atoms with Crippen LogP contribution >= 0.6 is 0 Å². The molecule has 4 N–H and O–H groups in total. The van der Waals surface area contributed by atoms with Crippen LogP contribution in [-0.4, -0.2) is 23.7 Å². The zero-order valence-corrected chi connectivity index (χ0v) is 11.0. The van der Waals surface area contributed by atoms with Crippen LogP contribution in [-0.2, 0) is 17.8 Å². The second-order valence-corrected chi connectivity index (χ2v) is 4.77. The van der Waals surface area contributed by atoms with E-state index < -0.39 is 6.10 Å². The van der Waals surface area contributed by atoms with Crippen LogP contribution in [0.4, 0.5) is 0 Å². The van der Waals surface area contributed by atoms with Gasteiger partial charge in [-0.15, -0.1) is 0 Å². The van der Waals surface area contributed by atoms with Gasteiger partial charge in [-0.05, 0) is 17.0 Å². The highest BCUT2D eigenvalue weighted by atomic mass is 16.3. The highest BCUT2D eigenvalue weighted by Crippen LogP contribution is 2.08. The minimum atomic E-state index is -0.501. The molecule has 0 aromatic heterocycles. The number of carbonyl (C=O) groups is 1. The summed E-state index contributed by atoms with van der Waals surface area (Å²) in [6.45, 7) is 4.56. The highest BCUT2D eigenvalue weighted by molar-refractivity contribution is 5.78. The Balaban J connectivity index is 2.49. The van der Waals surface area contributed by atoms with E-state index in [1.165, 1.54) is 0 Å². The topological polar surface area (TPSA) is 75.3 Å². The van der Waals surface area contributed by atoms with Gasteiger partial charge in [0.25, 0.3) is 0 Å². The van der Waals surface area contributed by atoms with Gasteiger partial charge in [0.05, 0.1) is 12.5 Å². The van der Waals surface area contributed by atoms with Crippen molar-refractivity contribution in [1.82, 2.24) is 5.32 Å². The fourth-order valence-electron chi connectivity index (χ4n) is 1.62. The average molecular weight is 250 g/mol. The van der Waals surface area contributed by atoms with Crippen LogP contribution in [0.2, 0.25) is 0 Å². The number of aliphatic hydroxyl groups is 1. The molecule has 1 rings (SSSR count). The second-order valence-electron chi connectivity index (χ2n) is 4.77. The number of aliphatic hydroxyl groups excluding tert-OH is 1. The second kappa shape index (κ2) is 7.13. The molecule has 1 amide bonds. The number of carbonyl (C=O) groups excluding carboxylic acids is 1. The van der Waals surface area contributed by atoms with Crippen molar-refractivity contribution < 1.29 is 9.90 Å². The zero-order valence-electron chi connectivity index (χ0n) is 11.0. The lowest BCUT2D eigenvalue weighted by molar-refractivity contribution is -0.121. The number of nitrogens with two attached hydrogens (primary N) is 1. The summed E-state index contributed by atoms with van der Waals surface area (Å²) in [5, 5.41) is 12.3. The van der Waals surface area contributed by atoms with Gasteiger partial charge in [0.15, 0.2) is 0 Å². The summed E-state index contributed by atoms with van der Waals surface area (Å²) in [5.74, 6) is 0.0530. The van der Waals surface area contributed by atoms with Gasteiger partial charge in [-0.3, -0.25) is 4.79 Å². The third-order valence-corrected chi connectivity index (χ3v) is 2.97. The molecule has 0 saturated carbocycles. The van der Waals surface area contributed by atoms with Gasteiger partial charge in [-0.1, -0.05) is 38.1 Å². The van der Waals surface area contributed by atoms with Crippen molar-refractivity contribution in [3.05, 3.63) is 35.4 Å². The van der Waals surface area contributed by atoms with Crippen LogP contribution in [0.15, 0.2) is 24.3 Å². The van der Waals surface area contributed by atoms with Crippen molar-refractivity contribution in [3.63, 3.8) is 0 Å². The normalized spacial score (nSPS) is 12.5. The molecule has 0 saturated heterocycles. The molecule has 0 aliphatic rings. The van der Waals surface area contributed by atoms with Gasteiger partial charge in [0.1, 0.15) is 0 Å². The van der Waals surface area contributed by atoms with E-state index in [2.05, 4.69) is 5.32 Å². The smallest absolute Gasteiger partial charge is 0.224 e. The molecule has 0 radical (unpaired) electrons. The number of benzene rings is 1. The largest absolute Gasteiger partial charge is 0.391 e. The van der Waals surface area contributed by atoms with Gasteiger partial charge < -0.3 is 16.2 Å². The summed E-state index contributed by atoms with van der Waals surface area (Å²) < 4.78 is 0. The Morgan fingerprint density at radius 2 is 1.94 bits per heavy atom. The fourth-order valence-corrected chi connectivity index (χ4v) is 1.62. The van der Waals surface area contributed by atoms with Crippen molar-refractivity contribution in [3.8, 4) is 0 Å². The summed E-state index contributed by atoms with van der Waals surface area (Å²) in [4.78, 5) is 11.7. The first kappa shape index (κ1) is 14.7. The Morgan fingerprint density at radius 1 is 1.33 bits per heavy atom. The van der Waals surface area contributed by atoms with E-state index in [1.54, 1.807) is 0 Å². The zero-order chi connectivity index (χ0) is 13.5. The lowest BCUT2D eigenvalue weighted by atomic mass is 10.0. The molecule has 0 bridgehead atoms. The molecule has 18 heavy (non-hydrogen) atoms. The molecule has 0 spiro atoms. The molecule has 4 heteroatoms. The van der Waals surface area contributed by atoms with Crippen molar-refractivity contribution in [2.45, 2.75) is 32.9 Å². The van der Waals surface area contributed by atoms with Crippen molar-refractivity contribution in [2.24, 2.45) is 11.7 Å². The van der Waals surface area contributed by atoms with E-state index in [0.717, 1.165) is 11.1 Å². The van der Waals surface area contributed by atoms with Crippen molar-refractivity contribution in [1.29, 1.82) is 0 Å². The predicted octanol–water partition coefficient (Wildman–Crippen LogP) is 0.821. The number of nitrogens with one attached hydrogen (secondary N) is 1. The minimum absolute atomic E-state index is 0.0874. The molecule has 0 fully saturated rings. The van der Waals surface area contributed by atoms with Crippen LogP contribution in [0.5, 0.6) is 0 Å². The molecular formula is C14H22N2O2. The minimum Gasteiger partial charge on any atom is -0.391 e. The Bertz CT molecular complexity index is 391. The molecular weight excluding hydrogens is 228 g/mol. The maximum absolute atomic E-state index is 11.7. The SMILES string of the molecule is CC(C)C(O)CNC(=O)Cc1ccccc1CN. The first-order valence-corrected chi connectivity index (χ1v) is 6.26. The average Bonchev–Trinajstić information content (AvgIpc) is 2.36. The van der Waals surface area contributed by atoms with E-state index in [0.29, 0.717) is 19.5 Å². The third-order valence-electron chi connectivity index (χ3n) is 2.97. The number of hydrogen-bond acceptors (Lipinski definition) is 3. The van der Waals surface area contributed by atoms with Gasteiger partial charge >= 0.3 is 0 Å². The van der Waals surface area contributed by atoms with E-state index in [4.69, 9.17) is 5.73 Å². The third kappa shape index (κ3) is 4.47. The van der Waals surface area contributed by atoms with Crippen LogP contribution in [0.25, 0.3) is 0 Å². The molecule has 1 atom stereocenters. The molecule has 0 aliphatic heterocycles. The Kier molecular flexibility index (Phi) is 5.82. The molecule has 100 valence electrons. The fraction of sp³-hybridized carbons (Fsp3) is 0.500. The lowest BCUT2D eigenvalue weighted by Gasteiger charge is -2.15. The first-order valence-electron chi connectivity index (χ1n) is 6.26.